The summed E-state index contributed by atoms with van der Waals surface area (Å²) >= 11 is 0. The predicted molar refractivity (Wildman–Crippen MR) is 209 cm³/mol. The molecule has 16 nitrogen and oxygen atoms in total. The number of halogens is 1. The molecule has 4 atom stereocenters. The Balaban J connectivity index is 1.89. The topological polar surface area (TPSA) is 257 Å². The lowest BCUT2D eigenvalue weighted by atomic mass is 9.93. The number of fused-ring (bicyclic) bond motifs is 5. The first-order valence-corrected chi connectivity index (χ1v) is 18.5. The van der Waals surface area contributed by atoms with E-state index in [0.717, 1.165) is 4.90 Å². The summed E-state index contributed by atoms with van der Waals surface area (Å²) in [5.41, 5.74) is 20.0. The Morgan fingerprint density at radius 3 is 2.21 bits per heavy atom. The van der Waals surface area contributed by atoms with E-state index in [2.05, 4.69) is 21.3 Å². The van der Waals surface area contributed by atoms with E-state index < -0.39 is 59.5 Å². The van der Waals surface area contributed by atoms with Crippen LogP contribution < -0.4 is 47.9 Å². The molecule has 0 radical (unpaired) electrons. The summed E-state index contributed by atoms with van der Waals surface area (Å²) < 4.78 is 27.1. The number of ether oxygens (including phenoxy) is 2. The quantitative estimate of drug-likeness (QED) is 0.112. The van der Waals surface area contributed by atoms with E-state index in [1.165, 1.54) is 20.0 Å². The number of nitrogens with one attached hydrogen (secondary N) is 4. The largest absolute Gasteiger partial charge is 0.492 e. The molecule has 0 saturated heterocycles. The standard InChI is InChI=1S/C40H50FN9O7/c1-22-17-23(2)34(29(41)18-22)38(53)48-30(9-10-42)40(55)50(4)35-26-6-8-33(57-16-13-45)28(21-26)27-19-25(5-7-32(27)56-15-12-44)20-31(37(52)46-14-11-43)49-36(51)24(3)47-39(35)54/h5-8,17-19,21,24,30-31,35H,9-10,12-16,20,42,44-45H2,1-4H3,(H,46,52)(H,47,54)(H,48,53)(H,49,51)/t24-,30-,31-,35-/m0/s1. The summed E-state index contributed by atoms with van der Waals surface area (Å²) in [5.74, 6) is -3.74. The minimum absolute atomic E-state index is 0.00729. The molecular formula is C40H50FN9O7. The number of carbonyl (C=O) groups excluding carboxylic acids is 5. The molecule has 3 aromatic carbocycles. The third kappa shape index (κ3) is 10.8. The molecule has 17 heteroatoms. The van der Waals surface area contributed by atoms with Gasteiger partial charge < -0.3 is 52.8 Å². The summed E-state index contributed by atoms with van der Waals surface area (Å²) in [6.07, 6.45) is -0.0672. The van der Waals surface area contributed by atoms with Gasteiger partial charge in [-0.2, -0.15) is 5.26 Å². The molecule has 304 valence electrons. The Hall–Kier alpha value is -6.09. The molecular weight excluding hydrogens is 737 g/mol. The Labute approximate surface area is 330 Å². The van der Waals surface area contributed by atoms with Crippen LogP contribution in [0.2, 0.25) is 0 Å². The van der Waals surface area contributed by atoms with Gasteiger partial charge in [-0.25, -0.2) is 4.39 Å². The first-order chi connectivity index (χ1) is 27.2. The second-order valence-corrected chi connectivity index (χ2v) is 13.6. The maximum atomic E-state index is 15.0. The lowest BCUT2D eigenvalue weighted by molar-refractivity contribution is -0.141. The van der Waals surface area contributed by atoms with Crippen LogP contribution >= 0.6 is 0 Å². The minimum Gasteiger partial charge on any atom is -0.492 e. The van der Waals surface area contributed by atoms with Crippen molar-refractivity contribution < 1.29 is 37.8 Å². The zero-order valence-corrected chi connectivity index (χ0v) is 32.4. The Morgan fingerprint density at radius 1 is 0.947 bits per heavy atom. The SMILES string of the molecule is Cc1cc(C)c(C(=O)N[C@@H](CCN)C(=O)N(C)[C@@H]2C(=O)N[C@@H](C)C(=O)N[C@H](C(=O)NCC#N)Cc3ccc(OCCN)c(c3)-c3cc2ccc3OCCN)c(F)c1. The van der Waals surface area contributed by atoms with Crippen LogP contribution in [0.5, 0.6) is 11.5 Å². The molecule has 4 bridgehead atoms. The van der Waals surface area contributed by atoms with Crippen molar-refractivity contribution in [3.63, 3.8) is 0 Å². The fourth-order valence-corrected chi connectivity index (χ4v) is 6.56. The van der Waals surface area contributed by atoms with Gasteiger partial charge in [0.25, 0.3) is 5.91 Å². The molecule has 0 aliphatic carbocycles. The lowest BCUT2D eigenvalue weighted by Crippen LogP contribution is -2.56. The molecule has 0 unspecified atom stereocenters. The average molecular weight is 788 g/mol. The van der Waals surface area contributed by atoms with E-state index in [-0.39, 0.29) is 63.4 Å². The Morgan fingerprint density at radius 2 is 1.60 bits per heavy atom. The number of rotatable bonds is 14. The maximum Gasteiger partial charge on any atom is 0.255 e. The number of nitrogens with two attached hydrogens (primary N) is 3. The minimum atomic E-state index is -1.43. The van der Waals surface area contributed by atoms with Gasteiger partial charge >= 0.3 is 0 Å². The van der Waals surface area contributed by atoms with Crippen LogP contribution in [-0.2, 0) is 25.6 Å². The molecule has 0 aromatic heterocycles. The van der Waals surface area contributed by atoms with E-state index in [4.69, 9.17) is 31.9 Å². The molecule has 57 heavy (non-hydrogen) atoms. The van der Waals surface area contributed by atoms with Crippen LogP contribution in [0.25, 0.3) is 11.1 Å². The number of hydrogen-bond donors (Lipinski definition) is 7. The molecule has 1 aliphatic rings. The second kappa shape index (κ2) is 20.2. The lowest BCUT2D eigenvalue weighted by Gasteiger charge is -2.32. The van der Waals surface area contributed by atoms with E-state index >= 15 is 4.39 Å². The summed E-state index contributed by atoms with van der Waals surface area (Å²) in [4.78, 5) is 70.2. The van der Waals surface area contributed by atoms with Crippen LogP contribution in [-0.4, -0.2) is 99.0 Å². The highest BCUT2D eigenvalue weighted by Crippen LogP contribution is 2.40. The molecule has 0 saturated carbocycles. The number of nitriles is 1. The number of hydrogen-bond acceptors (Lipinski definition) is 11. The highest BCUT2D eigenvalue weighted by Gasteiger charge is 2.36. The third-order valence-electron chi connectivity index (χ3n) is 9.27. The smallest absolute Gasteiger partial charge is 0.255 e. The van der Waals surface area contributed by atoms with Crippen molar-refractivity contribution in [2.45, 2.75) is 57.8 Å². The van der Waals surface area contributed by atoms with Gasteiger partial charge in [0.1, 0.15) is 61.2 Å². The Kier molecular flexibility index (Phi) is 15.5. The molecule has 4 rings (SSSR count). The number of amides is 5. The van der Waals surface area contributed by atoms with Gasteiger partial charge in [0, 0.05) is 37.7 Å². The van der Waals surface area contributed by atoms with Crippen molar-refractivity contribution >= 4 is 29.5 Å². The van der Waals surface area contributed by atoms with Gasteiger partial charge in [0.15, 0.2) is 0 Å². The molecule has 3 aromatic rings. The van der Waals surface area contributed by atoms with Gasteiger partial charge in [0.05, 0.1) is 11.6 Å². The summed E-state index contributed by atoms with van der Waals surface area (Å²) in [6, 6.07) is 9.57. The van der Waals surface area contributed by atoms with E-state index in [9.17, 15) is 24.0 Å². The van der Waals surface area contributed by atoms with Crippen LogP contribution in [0.15, 0.2) is 48.5 Å². The van der Waals surface area contributed by atoms with E-state index in [1.807, 2.05) is 6.07 Å². The molecule has 1 heterocycles. The molecule has 5 amide bonds. The van der Waals surface area contributed by atoms with Crippen molar-refractivity contribution in [2.24, 2.45) is 17.2 Å². The fraction of sp³-hybridized carbons (Fsp3) is 0.400. The van der Waals surface area contributed by atoms with Gasteiger partial charge in [-0.3, -0.25) is 24.0 Å². The number of likely N-dealkylation sites (N-methyl/N-ethyl adjacent to an activating group) is 1. The summed E-state index contributed by atoms with van der Waals surface area (Å²) in [5, 5.41) is 19.5. The maximum absolute atomic E-state index is 15.0. The third-order valence-corrected chi connectivity index (χ3v) is 9.27. The summed E-state index contributed by atoms with van der Waals surface area (Å²) in [6.45, 7) is 4.96. The number of nitrogens with zero attached hydrogens (tertiary/aromatic N) is 2. The molecule has 0 spiro atoms. The van der Waals surface area contributed by atoms with Crippen LogP contribution in [0, 0.1) is 31.0 Å². The predicted octanol–water partition coefficient (Wildman–Crippen LogP) is 0.617. The molecule has 10 N–H and O–H groups in total. The Bertz CT molecular complexity index is 2000. The van der Waals surface area contributed by atoms with Gasteiger partial charge in [-0.05, 0) is 86.3 Å². The van der Waals surface area contributed by atoms with Gasteiger partial charge in [-0.15, -0.1) is 0 Å². The van der Waals surface area contributed by atoms with Crippen LogP contribution in [0.4, 0.5) is 4.39 Å². The zero-order chi connectivity index (χ0) is 41.8. The molecule has 0 fully saturated rings. The van der Waals surface area contributed by atoms with Crippen molar-refractivity contribution in [3.05, 3.63) is 82.2 Å². The van der Waals surface area contributed by atoms with Crippen molar-refractivity contribution in [1.82, 2.24) is 26.2 Å². The highest BCUT2D eigenvalue weighted by molar-refractivity contribution is 6.00. The normalized spacial score (nSPS) is 17.1. The summed E-state index contributed by atoms with van der Waals surface area (Å²) in [7, 11) is 1.36. The molecule has 1 aliphatic heterocycles. The van der Waals surface area contributed by atoms with Gasteiger partial charge in [0.2, 0.25) is 23.6 Å². The second-order valence-electron chi connectivity index (χ2n) is 13.6. The average Bonchev–Trinajstić information content (AvgIpc) is 3.17. The van der Waals surface area contributed by atoms with Crippen molar-refractivity contribution in [2.75, 3.05) is 46.4 Å². The number of benzene rings is 3. The monoisotopic (exact) mass is 787 g/mol. The first kappa shape index (κ1) is 43.6. The first-order valence-electron chi connectivity index (χ1n) is 18.5. The number of aryl methyl sites for hydroxylation is 2. The van der Waals surface area contributed by atoms with Crippen molar-refractivity contribution in [3.8, 4) is 28.7 Å². The fourth-order valence-electron chi connectivity index (χ4n) is 6.56. The van der Waals surface area contributed by atoms with E-state index in [0.29, 0.717) is 39.3 Å². The van der Waals surface area contributed by atoms with Crippen LogP contribution in [0.3, 0.4) is 0 Å². The van der Waals surface area contributed by atoms with Gasteiger partial charge in [-0.1, -0.05) is 18.2 Å². The van der Waals surface area contributed by atoms with Crippen molar-refractivity contribution in [1.29, 1.82) is 5.26 Å². The highest BCUT2D eigenvalue weighted by atomic mass is 19.1. The zero-order valence-electron chi connectivity index (χ0n) is 32.4. The van der Waals surface area contributed by atoms with Crippen LogP contribution in [0.1, 0.15) is 52.0 Å². The van der Waals surface area contributed by atoms with E-state index in [1.54, 1.807) is 56.3 Å². The number of carbonyl (C=O) groups is 5.